The van der Waals surface area contributed by atoms with Crippen molar-refractivity contribution in [2.24, 2.45) is 5.92 Å². The number of aromatic nitrogens is 3. The summed E-state index contributed by atoms with van der Waals surface area (Å²) in [5.74, 6) is -1.12. The van der Waals surface area contributed by atoms with Crippen molar-refractivity contribution in [3.05, 3.63) is 59.4 Å². The van der Waals surface area contributed by atoms with Crippen molar-refractivity contribution in [1.29, 1.82) is 5.26 Å². The molecule has 0 spiro atoms. The monoisotopic (exact) mass is 454 g/mol. The molecule has 4 rings (SSSR count). The minimum atomic E-state index is -4.64. The number of benzene rings is 2. The average molecular weight is 454 g/mol. The average Bonchev–Trinajstić information content (AvgIpc) is 3.39. The molecule has 0 aliphatic carbocycles. The molecule has 3 aromatic rings. The molecule has 1 saturated heterocycles. The van der Waals surface area contributed by atoms with Gasteiger partial charge < -0.3 is 10.2 Å². The summed E-state index contributed by atoms with van der Waals surface area (Å²) in [6, 6.07) is 11.4. The first-order valence-electron chi connectivity index (χ1n) is 9.87. The first-order chi connectivity index (χ1) is 15.6. The van der Waals surface area contributed by atoms with Crippen LogP contribution >= 0.6 is 0 Å². The van der Waals surface area contributed by atoms with E-state index in [1.54, 1.807) is 31.2 Å². The molecular formula is C22H17F3N6O2. The normalized spacial score (nSPS) is 16.0. The van der Waals surface area contributed by atoms with Crippen LogP contribution in [0.1, 0.15) is 23.4 Å². The van der Waals surface area contributed by atoms with Crippen LogP contribution < -0.4 is 10.2 Å². The van der Waals surface area contributed by atoms with Gasteiger partial charge in [-0.1, -0.05) is 0 Å². The van der Waals surface area contributed by atoms with Crippen molar-refractivity contribution in [3.8, 4) is 17.5 Å². The summed E-state index contributed by atoms with van der Waals surface area (Å²) < 4.78 is 40.3. The largest absolute Gasteiger partial charge is 0.416 e. The van der Waals surface area contributed by atoms with E-state index in [4.69, 9.17) is 5.26 Å². The molecule has 33 heavy (non-hydrogen) atoms. The van der Waals surface area contributed by atoms with Crippen molar-refractivity contribution in [2.45, 2.75) is 19.5 Å². The first kappa shape index (κ1) is 22.0. The number of aryl methyl sites for hydroxylation is 1. The lowest BCUT2D eigenvalue weighted by molar-refractivity contribution is -0.137. The molecule has 2 N–H and O–H groups in total. The standard InChI is InChI=1S/C22H17F3N6O2/c1-12-27-20(30-29-12)14-6-16(22(23,24)25)9-17(7-14)28-21(33)15-8-19(32)31(11-15)18-4-2-13(10-26)3-5-18/h2-7,9,15H,8,11H2,1H3,(H,28,33)(H,27,29,30). The highest BCUT2D eigenvalue weighted by molar-refractivity contribution is 6.03. The minimum absolute atomic E-state index is 0.0668. The van der Waals surface area contributed by atoms with Crippen LogP contribution in [0.5, 0.6) is 0 Å². The summed E-state index contributed by atoms with van der Waals surface area (Å²) in [5.41, 5.74) is 0.0273. The molecule has 1 aliphatic heterocycles. The molecule has 0 bridgehead atoms. The number of nitrogens with zero attached hydrogens (tertiary/aromatic N) is 4. The Hall–Kier alpha value is -4.20. The van der Waals surface area contributed by atoms with Gasteiger partial charge >= 0.3 is 6.18 Å². The van der Waals surface area contributed by atoms with Crippen molar-refractivity contribution < 1.29 is 22.8 Å². The smallest absolute Gasteiger partial charge is 0.326 e. The summed E-state index contributed by atoms with van der Waals surface area (Å²) in [5, 5.41) is 17.9. The maximum atomic E-state index is 13.4. The Kier molecular flexibility index (Phi) is 5.59. The highest BCUT2D eigenvalue weighted by atomic mass is 19.4. The third-order valence-corrected chi connectivity index (χ3v) is 5.19. The molecule has 2 amide bonds. The Morgan fingerprint density at radius 2 is 1.97 bits per heavy atom. The van der Waals surface area contributed by atoms with Gasteiger partial charge in [0, 0.05) is 29.9 Å². The third-order valence-electron chi connectivity index (χ3n) is 5.19. The van der Waals surface area contributed by atoms with E-state index in [1.165, 1.54) is 11.0 Å². The highest BCUT2D eigenvalue weighted by Crippen LogP contribution is 2.35. The number of carbonyl (C=O) groups is 2. The second-order valence-corrected chi connectivity index (χ2v) is 7.59. The number of anilines is 2. The van der Waals surface area contributed by atoms with Gasteiger partial charge in [0.1, 0.15) is 5.82 Å². The molecule has 1 aliphatic rings. The van der Waals surface area contributed by atoms with E-state index >= 15 is 0 Å². The van der Waals surface area contributed by atoms with E-state index in [0.29, 0.717) is 17.1 Å². The number of aromatic amines is 1. The number of halogens is 3. The number of alkyl halides is 3. The molecule has 0 radical (unpaired) electrons. The number of hydrogen-bond acceptors (Lipinski definition) is 5. The third kappa shape index (κ3) is 4.69. The SMILES string of the molecule is Cc1nc(-c2cc(NC(=O)C3CC(=O)N(c4ccc(C#N)cc4)C3)cc(C(F)(F)F)c2)n[nH]1. The van der Waals surface area contributed by atoms with Gasteiger partial charge in [-0.15, -0.1) is 0 Å². The van der Waals surface area contributed by atoms with Crippen LogP contribution in [0.3, 0.4) is 0 Å². The predicted octanol–water partition coefficient (Wildman–Crippen LogP) is 3.66. The summed E-state index contributed by atoms with van der Waals surface area (Å²) in [7, 11) is 0. The lowest BCUT2D eigenvalue weighted by Crippen LogP contribution is -2.28. The van der Waals surface area contributed by atoms with E-state index in [-0.39, 0.29) is 35.9 Å². The zero-order chi connectivity index (χ0) is 23.8. The van der Waals surface area contributed by atoms with Crippen LogP contribution in [0.15, 0.2) is 42.5 Å². The lowest BCUT2D eigenvalue weighted by Gasteiger charge is -2.17. The van der Waals surface area contributed by atoms with Crippen LogP contribution in [0.25, 0.3) is 11.4 Å². The molecule has 11 heteroatoms. The number of hydrogen-bond donors (Lipinski definition) is 2. The maximum absolute atomic E-state index is 13.4. The zero-order valence-corrected chi connectivity index (χ0v) is 17.3. The van der Waals surface area contributed by atoms with Crippen LogP contribution in [-0.4, -0.2) is 33.5 Å². The molecule has 2 aromatic carbocycles. The maximum Gasteiger partial charge on any atom is 0.416 e. The minimum Gasteiger partial charge on any atom is -0.326 e. The summed E-state index contributed by atoms with van der Waals surface area (Å²) in [6.45, 7) is 1.69. The van der Waals surface area contributed by atoms with Crippen LogP contribution in [0, 0.1) is 24.2 Å². The topological polar surface area (TPSA) is 115 Å². The number of nitrogens with one attached hydrogen (secondary N) is 2. The van der Waals surface area contributed by atoms with Crippen molar-refractivity contribution >= 4 is 23.2 Å². The lowest BCUT2D eigenvalue weighted by atomic mass is 10.1. The van der Waals surface area contributed by atoms with Gasteiger partial charge in [-0.2, -0.15) is 23.5 Å². The van der Waals surface area contributed by atoms with Gasteiger partial charge in [0.15, 0.2) is 5.82 Å². The molecular weight excluding hydrogens is 437 g/mol. The van der Waals surface area contributed by atoms with Gasteiger partial charge in [0.25, 0.3) is 0 Å². The summed E-state index contributed by atoms with van der Waals surface area (Å²) in [4.78, 5) is 30.7. The van der Waals surface area contributed by atoms with E-state index in [9.17, 15) is 22.8 Å². The fraction of sp³-hybridized carbons (Fsp3) is 0.227. The predicted molar refractivity (Wildman–Crippen MR) is 112 cm³/mol. The van der Waals surface area contributed by atoms with E-state index in [0.717, 1.165) is 12.1 Å². The van der Waals surface area contributed by atoms with Gasteiger partial charge in [-0.05, 0) is 49.4 Å². The summed E-state index contributed by atoms with van der Waals surface area (Å²) in [6.07, 6.45) is -4.73. The molecule has 2 heterocycles. The number of amides is 2. The van der Waals surface area contributed by atoms with Gasteiger partial charge in [0.2, 0.25) is 11.8 Å². The van der Waals surface area contributed by atoms with Gasteiger partial charge in [-0.25, -0.2) is 4.98 Å². The van der Waals surface area contributed by atoms with Gasteiger partial charge in [0.05, 0.1) is 23.1 Å². The molecule has 168 valence electrons. The van der Waals surface area contributed by atoms with Crippen molar-refractivity contribution in [3.63, 3.8) is 0 Å². The molecule has 1 aromatic heterocycles. The van der Waals surface area contributed by atoms with Crippen LogP contribution in [0.2, 0.25) is 0 Å². The van der Waals surface area contributed by atoms with Gasteiger partial charge in [-0.3, -0.25) is 14.7 Å². The quantitative estimate of drug-likeness (QED) is 0.624. The Labute approximate surface area is 186 Å². The number of H-pyrrole nitrogens is 1. The fourth-order valence-electron chi connectivity index (χ4n) is 3.56. The number of rotatable bonds is 4. The van der Waals surface area contributed by atoms with Crippen LogP contribution in [-0.2, 0) is 15.8 Å². The van der Waals surface area contributed by atoms with E-state index in [1.807, 2.05) is 6.07 Å². The Balaban J connectivity index is 1.55. The van der Waals surface area contributed by atoms with Crippen molar-refractivity contribution in [1.82, 2.24) is 15.2 Å². The number of nitriles is 1. The first-order valence-corrected chi connectivity index (χ1v) is 9.87. The van der Waals surface area contributed by atoms with Crippen LogP contribution in [0.4, 0.5) is 24.5 Å². The zero-order valence-electron chi connectivity index (χ0n) is 17.3. The Morgan fingerprint density at radius 3 is 2.58 bits per heavy atom. The molecule has 1 unspecified atom stereocenters. The highest BCUT2D eigenvalue weighted by Gasteiger charge is 2.36. The second kappa shape index (κ2) is 8.38. The van der Waals surface area contributed by atoms with E-state index in [2.05, 4.69) is 20.5 Å². The molecule has 1 fully saturated rings. The van der Waals surface area contributed by atoms with Crippen molar-refractivity contribution in [2.75, 3.05) is 16.8 Å². The fourth-order valence-corrected chi connectivity index (χ4v) is 3.56. The Bertz CT molecular complexity index is 1260. The second-order valence-electron chi connectivity index (χ2n) is 7.59. The van der Waals surface area contributed by atoms with E-state index < -0.39 is 23.6 Å². The molecule has 8 nitrogen and oxygen atoms in total. The molecule has 0 saturated carbocycles. The summed E-state index contributed by atoms with van der Waals surface area (Å²) >= 11 is 0. The number of carbonyl (C=O) groups excluding carboxylic acids is 2. The Morgan fingerprint density at radius 1 is 1.24 bits per heavy atom. The molecule has 1 atom stereocenters.